The van der Waals surface area contributed by atoms with Crippen LogP contribution in [0.15, 0.2) is 12.1 Å². The molecule has 1 aromatic rings. The zero-order chi connectivity index (χ0) is 8.55. The maximum atomic E-state index is 13.1. The maximum Gasteiger partial charge on any atom is 0.146 e. The molecular weight excluding hydrogens is 153 g/mol. The summed E-state index contributed by atoms with van der Waals surface area (Å²) in [6.45, 7) is 2.98. The van der Waals surface area contributed by atoms with Crippen molar-refractivity contribution >= 4 is 5.69 Å². The van der Waals surface area contributed by atoms with Gasteiger partial charge in [-0.1, -0.05) is 13.0 Å². The summed E-state index contributed by atoms with van der Waals surface area (Å²) in [6.07, 6.45) is 1.96. The fraction of sp³-hybridized carbons (Fsp3) is 0.400. The Balaban J connectivity index is 2.57. The Bertz CT molecular complexity index is 307. The quantitative estimate of drug-likeness (QED) is 0.673. The van der Waals surface area contributed by atoms with E-state index in [-0.39, 0.29) is 5.82 Å². The first-order chi connectivity index (χ1) is 5.83. The van der Waals surface area contributed by atoms with Crippen LogP contribution in [0.3, 0.4) is 0 Å². The third-order valence-electron chi connectivity index (χ3n) is 2.42. The highest BCUT2D eigenvalue weighted by Gasteiger charge is 2.16. The van der Waals surface area contributed by atoms with Crippen LogP contribution in [0.1, 0.15) is 18.1 Å². The molecule has 64 valence electrons. The van der Waals surface area contributed by atoms with E-state index in [1.807, 2.05) is 6.07 Å². The minimum Gasteiger partial charge on any atom is -0.382 e. The Morgan fingerprint density at radius 3 is 3.08 bits per heavy atom. The van der Waals surface area contributed by atoms with Crippen molar-refractivity contribution in [3.8, 4) is 0 Å². The second-order valence-electron chi connectivity index (χ2n) is 3.09. The van der Waals surface area contributed by atoms with E-state index < -0.39 is 0 Å². The zero-order valence-electron chi connectivity index (χ0n) is 7.15. The maximum absolute atomic E-state index is 13.1. The van der Waals surface area contributed by atoms with Gasteiger partial charge in [0.15, 0.2) is 0 Å². The molecule has 0 saturated carbocycles. The van der Waals surface area contributed by atoms with Crippen LogP contribution < -0.4 is 5.32 Å². The van der Waals surface area contributed by atoms with Crippen LogP contribution in [0, 0.1) is 5.82 Å². The number of aryl methyl sites for hydroxylation is 1. The summed E-state index contributed by atoms with van der Waals surface area (Å²) in [4.78, 5) is 0. The summed E-state index contributed by atoms with van der Waals surface area (Å²) >= 11 is 0. The number of hydrogen-bond acceptors (Lipinski definition) is 1. The number of benzene rings is 1. The van der Waals surface area contributed by atoms with Crippen LogP contribution in [0.25, 0.3) is 0 Å². The predicted molar refractivity (Wildman–Crippen MR) is 48.0 cm³/mol. The fourth-order valence-corrected chi connectivity index (χ4v) is 1.78. The molecule has 0 fully saturated rings. The lowest BCUT2D eigenvalue weighted by Crippen LogP contribution is -1.93. The molecule has 1 N–H and O–H groups in total. The topological polar surface area (TPSA) is 12.0 Å². The van der Waals surface area contributed by atoms with Gasteiger partial charge in [0.05, 0.1) is 5.69 Å². The number of rotatable bonds is 1. The lowest BCUT2D eigenvalue weighted by atomic mass is 10.0. The molecule has 0 aliphatic carbocycles. The molecule has 0 spiro atoms. The summed E-state index contributed by atoms with van der Waals surface area (Å²) in [6, 6.07) is 3.44. The molecule has 0 amide bonds. The molecule has 12 heavy (non-hydrogen) atoms. The van der Waals surface area contributed by atoms with Gasteiger partial charge < -0.3 is 5.32 Å². The highest BCUT2D eigenvalue weighted by atomic mass is 19.1. The summed E-state index contributed by atoms with van der Waals surface area (Å²) in [7, 11) is 0. The lowest BCUT2D eigenvalue weighted by molar-refractivity contribution is 0.631. The number of hydrogen-bond donors (Lipinski definition) is 1. The summed E-state index contributed by atoms with van der Waals surface area (Å²) in [5, 5.41) is 3.07. The molecule has 0 saturated heterocycles. The molecule has 1 aliphatic rings. The van der Waals surface area contributed by atoms with Crippen molar-refractivity contribution in [1.82, 2.24) is 0 Å². The SMILES string of the molecule is CCc1ccc(F)c2c1CCN2. The molecule has 0 atom stereocenters. The minimum atomic E-state index is -0.111. The second-order valence-corrected chi connectivity index (χ2v) is 3.09. The highest BCUT2D eigenvalue weighted by Crippen LogP contribution is 2.28. The van der Waals surface area contributed by atoms with Gasteiger partial charge in [-0.2, -0.15) is 0 Å². The first-order valence-corrected chi connectivity index (χ1v) is 4.37. The van der Waals surface area contributed by atoms with Gasteiger partial charge in [-0.05, 0) is 30.0 Å². The molecule has 0 radical (unpaired) electrons. The van der Waals surface area contributed by atoms with Crippen LogP contribution >= 0.6 is 0 Å². The number of nitrogens with one attached hydrogen (secondary N) is 1. The van der Waals surface area contributed by atoms with E-state index in [9.17, 15) is 4.39 Å². The molecular formula is C10H12FN. The van der Waals surface area contributed by atoms with Gasteiger partial charge in [-0.25, -0.2) is 4.39 Å². The largest absolute Gasteiger partial charge is 0.382 e. The molecule has 1 heterocycles. The normalized spacial score (nSPS) is 14.2. The molecule has 2 heteroatoms. The van der Waals surface area contributed by atoms with Crippen LogP contribution in [0.4, 0.5) is 10.1 Å². The van der Waals surface area contributed by atoms with Crippen LogP contribution in [0.2, 0.25) is 0 Å². The molecule has 0 aromatic heterocycles. The fourth-order valence-electron chi connectivity index (χ4n) is 1.78. The third kappa shape index (κ3) is 0.986. The molecule has 0 unspecified atom stereocenters. The molecule has 1 aliphatic heterocycles. The average molecular weight is 165 g/mol. The molecule has 2 rings (SSSR count). The van der Waals surface area contributed by atoms with E-state index in [2.05, 4.69) is 12.2 Å². The van der Waals surface area contributed by atoms with Crippen molar-refractivity contribution in [2.24, 2.45) is 0 Å². The van der Waals surface area contributed by atoms with Crippen molar-refractivity contribution in [3.05, 3.63) is 29.1 Å². The van der Waals surface area contributed by atoms with Crippen molar-refractivity contribution in [2.75, 3.05) is 11.9 Å². The lowest BCUT2D eigenvalue weighted by Gasteiger charge is -2.05. The average Bonchev–Trinajstić information content (AvgIpc) is 2.54. The Labute approximate surface area is 71.6 Å². The van der Waals surface area contributed by atoms with Gasteiger partial charge in [-0.3, -0.25) is 0 Å². The van der Waals surface area contributed by atoms with Gasteiger partial charge in [0.25, 0.3) is 0 Å². The van der Waals surface area contributed by atoms with Gasteiger partial charge in [0.1, 0.15) is 5.82 Å². The van der Waals surface area contributed by atoms with E-state index in [0.717, 1.165) is 25.1 Å². The number of fused-ring (bicyclic) bond motifs is 1. The predicted octanol–water partition coefficient (Wildman–Crippen LogP) is 2.36. The monoisotopic (exact) mass is 165 g/mol. The number of anilines is 1. The van der Waals surface area contributed by atoms with Crippen molar-refractivity contribution < 1.29 is 4.39 Å². The molecule has 1 aromatic carbocycles. The van der Waals surface area contributed by atoms with E-state index >= 15 is 0 Å². The molecule has 1 nitrogen and oxygen atoms in total. The van der Waals surface area contributed by atoms with Crippen molar-refractivity contribution in [2.45, 2.75) is 19.8 Å². The smallest absolute Gasteiger partial charge is 0.146 e. The van der Waals surface area contributed by atoms with Gasteiger partial charge in [0, 0.05) is 6.54 Å². The standard InChI is InChI=1S/C10H12FN/c1-2-7-3-4-9(11)10-8(7)5-6-12-10/h3-4,12H,2,5-6H2,1H3. The highest BCUT2D eigenvalue weighted by molar-refractivity contribution is 5.59. The van der Waals surface area contributed by atoms with E-state index in [0.29, 0.717) is 0 Å². The zero-order valence-corrected chi connectivity index (χ0v) is 7.15. The Hall–Kier alpha value is -1.05. The van der Waals surface area contributed by atoms with Crippen LogP contribution in [-0.4, -0.2) is 6.54 Å². The third-order valence-corrected chi connectivity index (χ3v) is 2.42. The second kappa shape index (κ2) is 2.77. The first-order valence-electron chi connectivity index (χ1n) is 4.37. The number of halogens is 1. The van der Waals surface area contributed by atoms with Gasteiger partial charge >= 0.3 is 0 Å². The Kier molecular flexibility index (Phi) is 1.75. The van der Waals surface area contributed by atoms with E-state index in [1.54, 1.807) is 6.07 Å². The van der Waals surface area contributed by atoms with E-state index in [1.165, 1.54) is 11.1 Å². The van der Waals surface area contributed by atoms with Gasteiger partial charge in [0.2, 0.25) is 0 Å². The summed E-state index contributed by atoms with van der Waals surface area (Å²) in [5.41, 5.74) is 3.18. The van der Waals surface area contributed by atoms with E-state index in [4.69, 9.17) is 0 Å². The summed E-state index contributed by atoms with van der Waals surface area (Å²) in [5.74, 6) is -0.111. The minimum absolute atomic E-state index is 0.111. The van der Waals surface area contributed by atoms with Crippen LogP contribution in [0.5, 0.6) is 0 Å². The van der Waals surface area contributed by atoms with Crippen LogP contribution in [-0.2, 0) is 12.8 Å². The molecule has 0 bridgehead atoms. The van der Waals surface area contributed by atoms with Crippen molar-refractivity contribution in [1.29, 1.82) is 0 Å². The Morgan fingerprint density at radius 2 is 2.33 bits per heavy atom. The van der Waals surface area contributed by atoms with Gasteiger partial charge in [-0.15, -0.1) is 0 Å². The first kappa shape index (κ1) is 7.59. The summed E-state index contributed by atoms with van der Waals surface area (Å²) < 4.78 is 13.1. The Morgan fingerprint density at radius 1 is 1.50 bits per heavy atom. The van der Waals surface area contributed by atoms with Crippen molar-refractivity contribution in [3.63, 3.8) is 0 Å².